The minimum absolute atomic E-state index is 0.746. The van der Waals surface area contributed by atoms with Crippen LogP contribution in [0.25, 0.3) is 33.7 Å². The number of nitrogen functional groups attached to an aromatic ring is 1. The van der Waals surface area contributed by atoms with E-state index in [1.807, 2.05) is 31.2 Å². The first-order chi connectivity index (χ1) is 11.5. The van der Waals surface area contributed by atoms with Gasteiger partial charge in [0.25, 0.3) is 0 Å². The SMILES string of the molecule is Cc1cc2nc(-c3n[nH]c(C)c3-c3ccc(N)cc3)[nH]c2cc1C. The zero-order valence-corrected chi connectivity index (χ0v) is 13.9. The fourth-order valence-electron chi connectivity index (χ4n) is 2.99. The molecule has 0 atom stereocenters. The largest absolute Gasteiger partial charge is 0.399 e. The average molecular weight is 317 g/mol. The third-order valence-electron chi connectivity index (χ3n) is 4.47. The molecule has 0 aliphatic rings. The maximum Gasteiger partial charge on any atom is 0.159 e. The zero-order chi connectivity index (χ0) is 16.8. The zero-order valence-electron chi connectivity index (χ0n) is 13.9. The number of nitrogens with one attached hydrogen (secondary N) is 2. The fraction of sp³-hybridized carbons (Fsp3) is 0.158. The second kappa shape index (κ2) is 5.23. The van der Waals surface area contributed by atoms with Crippen molar-refractivity contribution >= 4 is 16.7 Å². The van der Waals surface area contributed by atoms with Crippen LogP contribution in [-0.4, -0.2) is 20.2 Å². The Bertz CT molecular complexity index is 999. The van der Waals surface area contributed by atoms with Crippen LogP contribution in [0.15, 0.2) is 36.4 Å². The molecule has 0 fully saturated rings. The molecule has 0 aliphatic heterocycles. The summed E-state index contributed by atoms with van der Waals surface area (Å²) in [6, 6.07) is 12.0. The molecule has 4 rings (SSSR count). The van der Waals surface area contributed by atoms with Crippen LogP contribution >= 0.6 is 0 Å². The highest BCUT2D eigenvalue weighted by Gasteiger charge is 2.17. The molecule has 0 saturated heterocycles. The quantitative estimate of drug-likeness (QED) is 0.486. The van der Waals surface area contributed by atoms with Crippen molar-refractivity contribution in [3.8, 4) is 22.6 Å². The van der Waals surface area contributed by atoms with Crippen molar-refractivity contribution in [1.82, 2.24) is 20.2 Å². The summed E-state index contributed by atoms with van der Waals surface area (Å²) in [5.41, 5.74) is 14.9. The second-order valence-electron chi connectivity index (χ2n) is 6.23. The summed E-state index contributed by atoms with van der Waals surface area (Å²) in [6.07, 6.45) is 0. The number of aryl methyl sites for hydroxylation is 3. The Morgan fingerprint density at radius 1 is 0.958 bits per heavy atom. The van der Waals surface area contributed by atoms with Crippen LogP contribution in [0.3, 0.4) is 0 Å². The number of nitrogens with zero attached hydrogens (tertiary/aromatic N) is 2. The van der Waals surface area contributed by atoms with Gasteiger partial charge in [0.2, 0.25) is 0 Å². The summed E-state index contributed by atoms with van der Waals surface area (Å²) in [7, 11) is 0. The van der Waals surface area contributed by atoms with Crippen LogP contribution in [0.5, 0.6) is 0 Å². The first-order valence-electron chi connectivity index (χ1n) is 7.91. The van der Waals surface area contributed by atoms with Crippen LogP contribution in [-0.2, 0) is 0 Å². The smallest absolute Gasteiger partial charge is 0.159 e. The van der Waals surface area contributed by atoms with Gasteiger partial charge in [-0.05, 0) is 61.7 Å². The molecule has 0 spiro atoms. The van der Waals surface area contributed by atoms with Gasteiger partial charge >= 0.3 is 0 Å². The molecule has 0 saturated carbocycles. The van der Waals surface area contributed by atoms with Crippen molar-refractivity contribution in [2.24, 2.45) is 0 Å². The number of benzene rings is 2. The summed E-state index contributed by atoms with van der Waals surface area (Å²) >= 11 is 0. The van der Waals surface area contributed by atoms with Crippen molar-refractivity contribution < 1.29 is 0 Å². The van der Waals surface area contributed by atoms with E-state index in [1.54, 1.807) is 0 Å². The molecule has 24 heavy (non-hydrogen) atoms. The lowest BCUT2D eigenvalue weighted by atomic mass is 10.0. The predicted molar refractivity (Wildman–Crippen MR) is 97.7 cm³/mol. The van der Waals surface area contributed by atoms with Crippen LogP contribution < -0.4 is 5.73 Å². The number of nitrogens with two attached hydrogens (primary N) is 1. The maximum atomic E-state index is 5.80. The summed E-state index contributed by atoms with van der Waals surface area (Å²) in [5, 5.41) is 7.55. The van der Waals surface area contributed by atoms with Crippen molar-refractivity contribution in [1.29, 1.82) is 0 Å². The molecule has 4 N–H and O–H groups in total. The molecule has 2 aromatic heterocycles. The minimum Gasteiger partial charge on any atom is -0.399 e. The van der Waals surface area contributed by atoms with Crippen molar-refractivity contribution in [2.75, 3.05) is 5.73 Å². The van der Waals surface area contributed by atoms with E-state index in [0.717, 1.165) is 45.1 Å². The van der Waals surface area contributed by atoms with E-state index in [2.05, 4.69) is 41.2 Å². The van der Waals surface area contributed by atoms with Gasteiger partial charge in [0.15, 0.2) is 5.82 Å². The summed E-state index contributed by atoms with van der Waals surface area (Å²) in [6.45, 7) is 6.22. The molecule has 0 aliphatic carbocycles. The van der Waals surface area contributed by atoms with Crippen molar-refractivity contribution in [3.63, 3.8) is 0 Å². The highest BCUT2D eigenvalue weighted by Crippen LogP contribution is 2.33. The monoisotopic (exact) mass is 317 g/mol. The standard InChI is InChI=1S/C19H19N5/c1-10-8-15-16(9-11(10)2)22-19(21-15)18-17(12(3)23-24-18)13-4-6-14(20)7-5-13/h4-9H,20H2,1-3H3,(H,21,22)(H,23,24). The van der Waals surface area contributed by atoms with E-state index in [4.69, 9.17) is 10.7 Å². The van der Waals surface area contributed by atoms with Gasteiger partial charge in [-0.2, -0.15) is 5.10 Å². The highest BCUT2D eigenvalue weighted by molar-refractivity contribution is 5.86. The molecular weight excluding hydrogens is 298 g/mol. The summed E-state index contributed by atoms with van der Waals surface area (Å²) in [4.78, 5) is 8.14. The van der Waals surface area contributed by atoms with E-state index < -0.39 is 0 Å². The molecule has 5 nitrogen and oxygen atoms in total. The van der Waals surface area contributed by atoms with Crippen molar-refractivity contribution in [3.05, 3.63) is 53.2 Å². The third kappa shape index (κ3) is 2.25. The van der Waals surface area contributed by atoms with Gasteiger partial charge in [0.1, 0.15) is 5.69 Å². The molecule has 2 aromatic carbocycles. The van der Waals surface area contributed by atoms with Gasteiger partial charge in [0, 0.05) is 16.9 Å². The van der Waals surface area contributed by atoms with Crippen molar-refractivity contribution in [2.45, 2.75) is 20.8 Å². The number of hydrogen-bond donors (Lipinski definition) is 3. The van der Waals surface area contributed by atoms with E-state index >= 15 is 0 Å². The molecule has 0 amide bonds. The Hall–Kier alpha value is -3.08. The van der Waals surface area contributed by atoms with E-state index in [1.165, 1.54) is 11.1 Å². The Labute approximate surface area is 139 Å². The Morgan fingerprint density at radius 3 is 2.42 bits per heavy atom. The number of aromatic amines is 2. The molecular formula is C19H19N5. The first-order valence-corrected chi connectivity index (χ1v) is 7.91. The topological polar surface area (TPSA) is 83.4 Å². The maximum absolute atomic E-state index is 5.80. The fourth-order valence-corrected chi connectivity index (χ4v) is 2.99. The number of imidazole rings is 1. The van der Waals surface area contributed by atoms with Crippen LogP contribution in [0.1, 0.15) is 16.8 Å². The number of hydrogen-bond acceptors (Lipinski definition) is 3. The normalized spacial score (nSPS) is 11.3. The van der Waals surface area contributed by atoms with Gasteiger partial charge in [-0.3, -0.25) is 5.10 Å². The number of rotatable bonds is 2. The van der Waals surface area contributed by atoms with Crippen LogP contribution in [0.4, 0.5) is 5.69 Å². The molecule has 0 radical (unpaired) electrons. The Kier molecular flexibility index (Phi) is 3.16. The molecule has 5 heteroatoms. The van der Waals surface area contributed by atoms with Gasteiger partial charge < -0.3 is 10.7 Å². The van der Waals surface area contributed by atoms with Crippen LogP contribution in [0.2, 0.25) is 0 Å². The second-order valence-corrected chi connectivity index (χ2v) is 6.23. The molecule has 0 unspecified atom stereocenters. The molecule has 0 bridgehead atoms. The predicted octanol–water partition coefficient (Wildman–Crippen LogP) is 4.13. The number of fused-ring (bicyclic) bond motifs is 1. The Balaban J connectivity index is 1.90. The van der Waals surface area contributed by atoms with E-state index in [0.29, 0.717) is 0 Å². The first kappa shape index (κ1) is 14.5. The minimum atomic E-state index is 0.746. The third-order valence-corrected chi connectivity index (χ3v) is 4.47. The van der Waals surface area contributed by atoms with E-state index in [-0.39, 0.29) is 0 Å². The molecule has 4 aromatic rings. The van der Waals surface area contributed by atoms with Gasteiger partial charge in [-0.1, -0.05) is 12.1 Å². The van der Waals surface area contributed by atoms with E-state index in [9.17, 15) is 0 Å². The summed E-state index contributed by atoms with van der Waals surface area (Å²) in [5.74, 6) is 0.770. The lowest BCUT2D eigenvalue weighted by Gasteiger charge is -2.03. The molecule has 120 valence electrons. The number of anilines is 1. The summed E-state index contributed by atoms with van der Waals surface area (Å²) < 4.78 is 0. The van der Waals surface area contributed by atoms with Gasteiger partial charge in [-0.25, -0.2) is 4.98 Å². The van der Waals surface area contributed by atoms with Crippen LogP contribution in [0, 0.1) is 20.8 Å². The molecule has 2 heterocycles. The number of H-pyrrole nitrogens is 2. The lowest BCUT2D eigenvalue weighted by Crippen LogP contribution is -1.88. The highest BCUT2D eigenvalue weighted by atomic mass is 15.1. The van der Waals surface area contributed by atoms with Gasteiger partial charge in [0.05, 0.1) is 11.0 Å². The Morgan fingerprint density at radius 2 is 1.67 bits per heavy atom. The van der Waals surface area contributed by atoms with Gasteiger partial charge in [-0.15, -0.1) is 0 Å². The average Bonchev–Trinajstić information content (AvgIpc) is 3.12. The lowest BCUT2D eigenvalue weighted by molar-refractivity contribution is 1.04. The number of aromatic nitrogens is 4.